The number of β-amino-alcohol motifs (C(OH)–C–C–N with tert-alkyl or cyclic N) is 1. The fourth-order valence-electron chi connectivity index (χ4n) is 2.53. The second-order valence-corrected chi connectivity index (χ2v) is 7.41. The molecule has 0 unspecified atom stereocenters. The quantitative estimate of drug-likeness (QED) is 0.802. The summed E-state index contributed by atoms with van der Waals surface area (Å²) in [5, 5.41) is 12.4. The summed E-state index contributed by atoms with van der Waals surface area (Å²) in [4.78, 5) is 31.1. The summed E-state index contributed by atoms with van der Waals surface area (Å²) < 4.78 is 0. The van der Waals surface area contributed by atoms with Crippen LogP contribution in [-0.2, 0) is 9.59 Å². The Kier molecular flexibility index (Phi) is 6.49. The topological polar surface area (TPSA) is 82.0 Å². The van der Waals surface area contributed by atoms with Crippen LogP contribution >= 0.6 is 23.4 Å². The van der Waals surface area contributed by atoms with E-state index in [-0.39, 0.29) is 31.4 Å². The number of anilines is 1. The van der Waals surface area contributed by atoms with Gasteiger partial charge in [-0.2, -0.15) is 0 Å². The van der Waals surface area contributed by atoms with Gasteiger partial charge >= 0.3 is 0 Å². The van der Waals surface area contributed by atoms with Crippen molar-refractivity contribution >= 4 is 51.7 Å². The first-order chi connectivity index (χ1) is 13.1. The summed E-state index contributed by atoms with van der Waals surface area (Å²) in [5.74, 6) is -0.520. The van der Waals surface area contributed by atoms with Gasteiger partial charge in [0.25, 0.3) is 0 Å². The summed E-state index contributed by atoms with van der Waals surface area (Å²) in [6.07, 6.45) is 0.0396. The molecule has 8 heteroatoms. The fourth-order valence-corrected chi connectivity index (χ4v) is 3.78. The maximum atomic E-state index is 12.6. The molecule has 27 heavy (non-hydrogen) atoms. The molecule has 2 N–H and O–H groups in total. The predicted molar refractivity (Wildman–Crippen MR) is 108 cm³/mol. The molecule has 0 saturated carbocycles. The Morgan fingerprint density at radius 2 is 1.93 bits per heavy atom. The molecule has 1 aliphatic rings. The first-order valence-electron chi connectivity index (χ1n) is 8.35. The van der Waals surface area contributed by atoms with Gasteiger partial charge in [-0.05, 0) is 36.4 Å². The van der Waals surface area contributed by atoms with E-state index in [0.29, 0.717) is 21.6 Å². The predicted octanol–water partition coefficient (Wildman–Crippen LogP) is 3.29. The Balaban J connectivity index is 1.79. The zero-order chi connectivity index (χ0) is 19.2. The van der Waals surface area contributed by atoms with E-state index in [1.54, 1.807) is 24.3 Å². The van der Waals surface area contributed by atoms with Crippen LogP contribution < -0.4 is 5.32 Å². The van der Waals surface area contributed by atoms with Gasteiger partial charge in [-0.3, -0.25) is 14.5 Å². The molecule has 1 fully saturated rings. The highest BCUT2D eigenvalue weighted by Gasteiger charge is 2.35. The first kappa shape index (κ1) is 19.4. The number of carbonyl (C=O) groups is 2. The molecule has 1 aliphatic heterocycles. The molecule has 6 nitrogen and oxygen atoms in total. The van der Waals surface area contributed by atoms with Crippen molar-refractivity contribution in [3.63, 3.8) is 0 Å². The molecule has 3 rings (SSSR count). The smallest absolute Gasteiger partial charge is 0.238 e. The Morgan fingerprint density at radius 3 is 2.59 bits per heavy atom. The van der Waals surface area contributed by atoms with E-state index in [2.05, 4.69) is 10.3 Å². The van der Waals surface area contributed by atoms with Crippen LogP contribution in [0.3, 0.4) is 0 Å². The van der Waals surface area contributed by atoms with Gasteiger partial charge in [0.1, 0.15) is 5.25 Å². The van der Waals surface area contributed by atoms with Crippen molar-refractivity contribution in [2.75, 3.05) is 18.5 Å². The Hall–Kier alpha value is -2.35. The molecule has 2 amide bonds. The number of hydrogen-bond donors (Lipinski definition) is 2. The fraction of sp³-hybridized carbons (Fsp3) is 0.211. The van der Waals surface area contributed by atoms with Crippen molar-refractivity contribution in [1.82, 2.24) is 4.90 Å². The van der Waals surface area contributed by atoms with Crippen molar-refractivity contribution in [2.45, 2.75) is 11.7 Å². The SMILES string of the molecule is O=C(Nc1ccc(Cl)cc1)[C@@H]1CC(=O)N(CCO)C(=Nc2ccccc2)S1. The minimum absolute atomic E-state index is 0.0396. The lowest BCUT2D eigenvalue weighted by Gasteiger charge is -2.31. The van der Waals surface area contributed by atoms with Crippen molar-refractivity contribution < 1.29 is 14.7 Å². The number of thioether (sulfide) groups is 1. The highest BCUT2D eigenvalue weighted by molar-refractivity contribution is 8.15. The number of hydrogen-bond acceptors (Lipinski definition) is 5. The summed E-state index contributed by atoms with van der Waals surface area (Å²) in [6.45, 7) is -0.0369. The van der Waals surface area contributed by atoms with Crippen LogP contribution in [0.15, 0.2) is 59.6 Å². The summed E-state index contributed by atoms with van der Waals surface area (Å²) in [6, 6.07) is 15.9. The number of aliphatic hydroxyl groups excluding tert-OH is 1. The van der Waals surface area contributed by atoms with E-state index in [1.165, 1.54) is 16.7 Å². The molecular formula is C19H18ClN3O3S. The molecule has 0 aromatic heterocycles. The van der Waals surface area contributed by atoms with Crippen molar-refractivity contribution in [2.24, 2.45) is 4.99 Å². The molecule has 0 bridgehead atoms. The Bertz CT molecular complexity index is 843. The highest BCUT2D eigenvalue weighted by Crippen LogP contribution is 2.29. The first-order valence-corrected chi connectivity index (χ1v) is 9.60. The van der Waals surface area contributed by atoms with E-state index in [0.717, 1.165) is 0 Å². The lowest BCUT2D eigenvalue weighted by Crippen LogP contribution is -2.46. The average molecular weight is 404 g/mol. The molecule has 1 heterocycles. The molecule has 2 aromatic rings. The van der Waals surface area contributed by atoms with Crippen molar-refractivity contribution in [1.29, 1.82) is 0 Å². The Morgan fingerprint density at radius 1 is 1.22 bits per heavy atom. The van der Waals surface area contributed by atoms with Crippen molar-refractivity contribution in [3.8, 4) is 0 Å². The number of nitrogens with one attached hydrogen (secondary N) is 1. The van der Waals surface area contributed by atoms with Crippen LogP contribution in [-0.4, -0.2) is 45.4 Å². The monoisotopic (exact) mass is 403 g/mol. The molecule has 2 aromatic carbocycles. The molecule has 1 saturated heterocycles. The summed E-state index contributed by atoms with van der Waals surface area (Å²) in [5.41, 5.74) is 1.28. The van der Waals surface area contributed by atoms with Crippen LogP contribution in [0.25, 0.3) is 0 Å². The number of halogens is 1. The van der Waals surface area contributed by atoms with E-state index < -0.39 is 5.25 Å². The Labute approximate surface area is 166 Å². The van der Waals surface area contributed by atoms with Gasteiger partial charge in [0.15, 0.2) is 5.17 Å². The lowest BCUT2D eigenvalue weighted by molar-refractivity contribution is -0.129. The van der Waals surface area contributed by atoms with Gasteiger partial charge in [-0.15, -0.1) is 0 Å². The van der Waals surface area contributed by atoms with Gasteiger partial charge in [-0.1, -0.05) is 41.6 Å². The third kappa shape index (κ3) is 5.09. The molecular weight excluding hydrogens is 386 g/mol. The second kappa shape index (κ2) is 9.03. The number of para-hydroxylation sites is 1. The standard InChI is InChI=1S/C19H18ClN3O3S/c20-13-6-8-15(9-7-13)21-18(26)16-12-17(25)23(10-11-24)19(27-16)22-14-4-2-1-3-5-14/h1-9,16,24H,10-12H2,(H,21,26)/t16-/m0/s1. The van der Waals surface area contributed by atoms with Gasteiger partial charge in [0.05, 0.1) is 18.8 Å². The summed E-state index contributed by atoms with van der Waals surface area (Å²) >= 11 is 7.07. The molecule has 0 spiro atoms. The van der Waals surface area contributed by atoms with Gasteiger partial charge in [0.2, 0.25) is 11.8 Å². The third-order valence-corrected chi connectivity index (χ3v) is 5.29. The molecule has 1 atom stereocenters. The van der Waals surface area contributed by atoms with Gasteiger partial charge in [0, 0.05) is 17.1 Å². The molecule has 0 aliphatic carbocycles. The zero-order valence-electron chi connectivity index (χ0n) is 14.3. The molecule has 140 valence electrons. The van der Waals surface area contributed by atoms with Crippen LogP contribution in [0.4, 0.5) is 11.4 Å². The van der Waals surface area contributed by atoms with Gasteiger partial charge in [-0.25, -0.2) is 4.99 Å². The number of aliphatic imine (C=N–C) groups is 1. The number of amides is 2. The van der Waals surface area contributed by atoms with Crippen LogP contribution in [0.2, 0.25) is 5.02 Å². The van der Waals surface area contributed by atoms with E-state index in [9.17, 15) is 14.7 Å². The normalized spacial score (nSPS) is 18.6. The van der Waals surface area contributed by atoms with E-state index in [4.69, 9.17) is 11.6 Å². The van der Waals surface area contributed by atoms with Crippen LogP contribution in [0, 0.1) is 0 Å². The average Bonchev–Trinajstić information content (AvgIpc) is 2.67. The lowest BCUT2D eigenvalue weighted by atomic mass is 10.2. The maximum Gasteiger partial charge on any atom is 0.238 e. The van der Waals surface area contributed by atoms with E-state index in [1.807, 2.05) is 30.3 Å². The number of carbonyl (C=O) groups excluding carboxylic acids is 2. The number of aliphatic hydroxyl groups is 1. The maximum absolute atomic E-state index is 12.6. The number of nitrogens with zero attached hydrogens (tertiary/aromatic N) is 2. The van der Waals surface area contributed by atoms with Crippen molar-refractivity contribution in [3.05, 3.63) is 59.6 Å². The zero-order valence-corrected chi connectivity index (χ0v) is 15.9. The van der Waals surface area contributed by atoms with Gasteiger partial charge < -0.3 is 10.4 Å². The number of rotatable bonds is 5. The van der Waals surface area contributed by atoms with E-state index >= 15 is 0 Å². The minimum Gasteiger partial charge on any atom is -0.395 e. The second-order valence-electron chi connectivity index (χ2n) is 5.81. The van der Waals surface area contributed by atoms with Crippen LogP contribution in [0.5, 0.6) is 0 Å². The van der Waals surface area contributed by atoms with Crippen LogP contribution in [0.1, 0.15) is 6.42 Å². The third-order valence-electron chi connectivity index (χ3n) is 3.85. The molecule has 0 radical (unpaired) electrons. The highest BCUT2D eigenvalue weighted by atomic mass is 35.5. The summed E-state index contributed by atoms with van der Waals surface area (Å²) in [7, 11) is 0. The minimum atomic E-state index is -0.606. The largest absolute Gasteiger partial charge is 0.395 e. The number of amidine groups is 1. The number of benzene rings is 2.